The lowest BCUT2D eigenvalue weighted by molar-refractivity contribution is -0.122. The average Bonchev–Trinajstić information content (AvgIpc) is 2.80. The van der Waals surface area contributed by atoms with Crippen LogP contribution in [0.4, 0.5) is 5.69 Å². The van der Waals surface area contributed by atoms with Crippen LogP contribution in [-0.4, -0.2) is 74.9 Å². The van der Waals surface area contributed by atoms with Crippen LogP contribution in [-0.2, 0) is 14.6 Å². The summed E-state index contributed by atoms with van der Waals surface area (Å²) in [5, 5.41) is 2.24. The first-order chi connectivity index (χ1) is 11.8. The number of aryl methyl sites for hydroxylation is 1. The highest BCUT2D eigenvalue weighted by Gasteiger charge is 2.37. The summed E-state index contributed by atoms with van der Waals surface area (Å²) in [5.41, 5.74) is 2.50. The second-order valence-corrected chi connectivity index (χ2v) is 9.53. The molecule has 0 aliphatic carbocycles. The van der Waals surface area contributed by atoms with Crippen molar-refractivity contribution in [3.63, 3.8) is 0 Å². The van der Waals surface area contributed by atoms with E-state index in [2.05, 4.69) is 34.2 Å². The van der Waals surface area contributed by atoms with Gasteiger partial charge in [0.1, 0.15) is 0 Å². The molecular weight excluding hydrogens is 362 g/mol. The van der Waals surface area contributed by atoms with Gasteiger partial charge >= 0.3 is 0 Å². The van der Waals surface area contributed by atoms with Crippen molar-refractivity contribution in [1.29, 1.82) is 0 Å². The molecule has 25 heavy (non-hydrogen) atoms. The van der Waals surface area contributed by atoms with Crippen LogP contribution in [0.1, 0.15) is 5.56 Å². The lowest BCUT2D eigenvalue weighted by Crippen LogP contribution is -2.51. The molecule has 1 aromatic rings. The van der Waals surface area contributed by atoms with Crippen LogP contribution < -0.4 is 10.2 Å². The lowest BCUT2D eigenvalue weighted by atomic mass is 10.1. The van der Waals surface area contributed by atoms with Gasteiger partial charge in [-0.25, -0.2) is 8.42 Å². The molecule has 8 heteroatoms. The molecule has 0 radical (unpaired) electrons. The highest BCUT2D eigenvalue weighted by Crippen LogP contribution is 2.21. The number of hydrogen-bond donors (Lipinski definition) is 1. The molecule has 2 heterocycles. The van der Waals surface area contributed by atoms with Crippen LogP contribution in [0.25, 0.3) is 0 Å². The van der Waals surface area contributed by atoms with Gasteiger partial charge in [0.15, 0.2) is 9.84 Å². The van der Waals surface area contributed by atoms with E-state index in [1.54, 1.807) is 0 Å². The first-order valence-electron chi connectivity index (χ1n) is 8.51. The molecular formula is C17H24ClN3O3S. The number of alkyl halides is 1. The van der Waals surface area contributed by atoms with Gasteiger partial charge in [-0.2, -0.15) is 0 Å². The molecule has 2 fully saturated rings. The first-order valence-corrected chi connectivity index (χ1v) is 10.8. The van der Waals surface area contributed by atoms with Crippen molar-refractivity contribution in [2.24, 2.45) is 0 Å². The Morgan fingerprint density at radius 2 is 1.88 bits per heavy atom. The fourth-order valence-corrected chi connectivity index (χ4v) is 6.01. The van der Waals surface area contributed by atoms with Gasteiger partial charge in [0.2, 0.25) is 5.91 Å². The van der Waals surface area contributed by atoms with Crippen molar-refractivity contribution in [2.75, 3.05) is 49.1 Å². The fourth-order valence-electron chi connectivity index (χ4n) is 3.46. The van der Waals surface area contributed by atoms with Gasteiger partial charge in [-0.15, -0.1) is 11.6 Å². The van der Waals surface area contributed by atoms with E-state index < -0.39 is 21.3 Å². The zero-order valence-corrected chi connectivity index (χ0v) is 15.9. The van der Waals surface area contributed by atoms with E-state index in [0.29, 0.717) is 0 Å². The Labute approximate surface area is 154 Å². The van der Waals surface area contributed by atoms with Gasteiger partial charge < -0.3 is 10.2 Å². The number of benzene rings is 1. The van der Waals surface area contributed by atoms with Gasteiger partial charge in [-0.1, -0.05) is 18.2 Å². The second-order valence-electron chi connectivity index (χ2n) is 6.82. The summed E-state index contributed by atoms with van der Waals surface area (Å²) in [6.07, 6.45) is 0. The van der Waals surface area contributed by atoms with Crippen LogP contribution in [0.2, 0.25) is 0 Å². The number of carbonyl (C=O) groups excluding carboxylic acids is 1. The van der Waals surface area contributed by atoms with Crippen molar-refractivity contribution in [2.45, 2.75) is 18.3 Å². The van der Waals surface area contributed by atoms with Crippen LogP contribution >= 0.6 is 11.6 Å². The third-order valence-electron chi connectivity index (χ3n) is 4.83. The summed E-state index contributed by atoms with van der Waals surface area (Å²) < 4.78 is 23.1. The minimum atomic E-state index is -3.13. The van der Waals surface area contributed by atoms with Crippen molar-refractivity contribution in [3.05, 3.63) is 29.8 Å². The zero-order valence-electron chi connectivity index (χ0n) is 14.3. The van der Waals surface area contributed by atoms with Gasteiger partial charge in [0.25, 0.3) is 0 Å². The molecule has 2 aliphatic heterocycles. The van der Waals surface area contributed by atoms with Crippen LogP contribution in [0.15, 0.2) is 24.3 Å². The number of nitrogens with one attached hydrogen (secondary N) is 1. The molecule has 1 amide bonds. The zero-order chi connectivity index (χ0) is 18.0. The number of piperazine rings is 1. The Balaban J connectivity index is 1.48. The molecule has 2 atom stereocenters. The molecule has 0 saturated carbocycles. The van der Waals surface area contributed by atoms with Crippen molar-refractivity contribution in [3.8, 4) is 0 Å². The molecule has 3 rings (SSSR count). The molecule has 0 spiro atoms. The third-order valence-corrected chi connectivity index (χ3v) is 7.20. The van der Waals surface area contributed by atoms with E-state index in [9.17, 15) is 13.2 Å². The number of anilines is 1. The molecule has 0 bridgehead atoms. The Morgan fingerprint density at radius 1 is 1.20 bits per heavy atom. The molecule has 0 aromatic heterocycles. The number of sulfone groups is 1. The molecule has 2 saturated heterocycles. The van der Waals surface area contributed by atoms with Gasteiger partial charge in [0.05, 0.1) is 29.5 Å². The summed E-state index contributed by atoms with van der Waals surface area (Å²) in [7, 11) is -3.13. The van der Waals surface area contributed by atoms with Gasteiger partial charge in [0, 0.05) is 31.9 Å². The summed E-state index contributed by atoms with van der Waals surface area (Å²) in [6.45, 7) is 5.72. The number of nitrogens with zero attached hydrogens (tertiary/aromatic N) is 2. The van der Waals surface area contributed by atoms with Crippen molar-refractivity contribution >= 4 is 33.0 Å². The number of carbonyl (C=O) groups is 1. The third kappa shape index (κ3) is 4.65. The second kappa shape index (κ2) is 7.51. The maximum atomic E-state index is 12.2. The number of hydrogen-bond acceptors (Lipinski definition) is 5. The molecule has 1 aromatic carbocycles. The molecule has 138 valence electrons. The lowest BCUT2D eigenvalue weighted by Gasteiger charge is -2.36. The summed E-state index contributed by atoms with van der Waals surface area (Å²) >= 11 is 6.04. The molecule has 0 unspecified atom stereocenters. The Bertz CT molecular complexity index is 732. The molecule has 2 aliphatic rings. The van der Waals surface area contributed by atoms with Crippen molar-refractivity contribution in [1.82, 2.24) is 10.2 Å². The van der Waals surface area contributed by atoms with Crippen LogP contribution in [0, 0.1) is 6.92 Å². The maximum Gasteiger partial charge on any atom is 0.234 e. The quantitative estimate of drug-likeness (QED) is 0.770. The topological polar surface area (TPSA) is 69.7 Å². The van der Waals surface area contributed by atoms with Crippen LogP contribution in [0.5, 0.6) is 0 Å². The smallest absolute Gasteiger partial charge is 0.234 e. The highest BCUT2D eigenvalue weighted by molar-refractivity contribution is 7.91. The van der Waals surface area contributed by atoms with Crippen LogP contribution in [0.3, 0.4) is 0 Å². The summed E-state index contributed by atoms with van der Waals surface area (Å²) in [6, 6.07) is 7.83. The maximum absolute atomic E-state index is 12.2. The minimum absolute atomic E-state index is 0.0609. The van der Waals surface area contributed by atoms with E-state index >= 15 is 0 Å². The number of para-hydroxylation sites is 1. The predicted octanol–water partition coefficient (Wildman–Crippen LogP) is 0.638. The molecule has 6 nitrogen and oxygen atoms in total. The monoisotopic (exact) mass is 385 g/mol. The van der Waals surface area contributed by atoms with Gasteiger partial charge in [-0.3, -0.25) is 9.69 Å². The Morgan fingerprint density at radius 3 is 2.48 bits per heavy atom. The molecule has 1 N–H and O–H groups in total. The standard InChI is InChI=1S/C17H24ClN3O3S/c1-13-4-2-3-5-16(13)21-8-6-20(7-9-21)10-17(22)19-15-12-25(23,24)11-14(15)18/h2-5,14-15H,6-12H2,1H3,(H,19,22)/t14-,15-/m1/s1. The van der Waals surface area contributed by atoms with Gasteiger partial charge in [-0.05, 0) is 18.6 Å². The van der Waals surface area contributed by atoms with E-state index in [1.807, 2.05) is 12.1 Å². The van der Waals surface area contributed by atoms with E-state index in [1.165, 1.54) is 11.3 Å². The minimum Gasteiger partial charge on any atom is -0.369 e. The highest BCUT2D eigenvalue weighted by atomic mass is 35.5. The van der Waals surface area contributed by atoms with E-state index in [4.69, 9.17) is 11.6 Å². The van der Waals surface area contributed by atoms with E-state index in [-0.39, 0.29) is 24.0 Å². The first kappa shape index (κ1) is 18.5. The SMILES string of the molecule is Cc1ccccc1N1CCN(CC(=O)N[C@@H]2CS(=O)(=O)C[C@H]2Cl)CC1. The fraction of sp³-hybridized carbons (Fsp3) is 0.588. The average molecular weight is 386 g/mol. The normalized spacial score (nSPS) is 26.6. The Hall–Kier alpha value is -1.31. The summed E-state index contributed by atoms with van der Waals surface area (Å²) in [5.74, 6) is -0.278. The number of amides is 1. The largest absolute Gasteiger partial charge is 0.369 e. The number of rotatable bonds is 4. The van der Waals surface area contributed by atoms with E-state index in [0.717, 1.165) is 26.2 Å². The Kier molecular flexibility index (Phi) is 5.55. The summed E-state index contributed by atoms with van der Waals surface area (Å²) in [4.78, 5) is 16.6. The van der Waals surface area contributed by atoms with Crippen molar-refractivity contribution < 1.29 is 13.2 Å². The number of halogens is 1. The predicted molar refractivity (Wildman–Crippen MR) is 100 cm³/mol.